The molecule has 0 atom stereocenters. The van der Waals surface area contributed by atoms with Crippen LogP contribution in [0.15, 0.2) is 48.5 Å². The van der Waals surface area contributed by atoms with Gasteiger partial charge in [0.25, 0.3) is 11.8 Å². The molecular weight excluding hydrogens is 349 g/mol. The second-order valence-corrected chi connectivity index (χ2v) is 6.22. The van der Waals surface area contributed by atoms with Gasteiger partial charge >= 0.3 is 6.03 Å². The Hall–Kier alpha value is -3.22. The zero-order valence-corrected chi connectivity index (χ0v) is 14.7. The number of amides is 4. The lowest BCUT2D eigenvalue weighted by atomic mass is 10.1. The summed E-state index contributed by atoms with van der Waals surface area (Å²) in [6, 6.07) is 12.6. The molecule has 0 bridgehead atoms. The van der Waals surface area contributed by atoms with Crippen LogP contribution in [-0.4, -0.2) is 42.4 Å². The largest absolute Gasteiger partial charge is 0.338 e. The number of urea groups is 1. The highest BCUT2D eigenvalue weighted by molar-refractivity contribution is 6.21. The number of carbonyl (C=O) groups excluding carboxylic acids is 3. The van der Waals surface area contributed by atoms with Crippen molar-refractivity contribution in [2.75, 3.05) is 19.6 Å². The molecule has 0 aliphatic carbocycles. The molecule has 0 spiro atoms. The highest BCUT2D eigenvalue weighted by Gasteiger charge is 2.34. The van der Waals surface area contributed by atoms with Crippen molar-refractivity contribution in [3.63, 3.8) is 0 Å². The van der Waals surface area contributed by atoms with Gasteiger partial charge in [0.2, 0.25) is 0 Å². The summed E-state index contributed by atoms with van der Waals surface area (Å²) in [5.41, 5.74) is 1.65. The lowest BCUT2D eigenvalue weighted by Gasteiger charge is -2.14. The zero-order chi connectivity index (χ0) is 19.2. The molecule has 27 heavy (non-hydrogen) atoms. The minimum atomic E-state index is -0.339. The van der Waals surface area contributed by atoms with E-state index in [0.29, 0.717) is 37.1 Å². The van der Waals surface area contributed by atoms with Gasteiger partial charge in [-0.3, -0.25) is 14.5 Å². The Bertz CT molecular complexity index is 834. The van der Waals surface area contributed by atoms with E-state index in [4.69, 9.17) is 0 Å². The van der Waals surface area contributed by atoms with Crippen LogP contribution in [0.3, 0.4) is 0 Å². The van der Waals surface area contributed by atoms with E-state index < -0.39 is 0 Å². The standard InChI is InChI=1S/C20H20FN3O3/c21-15-6-3-5-14(13-15)9-11-23-20(27)22-10-4-12-24-18(25)16-7-1-2-8-17(16)19(24)26/h1-3,5-8,13H,4,9-12H2,(H2,22,23,27). The number of rotatable bonds is 7. The van der Waals surface area contributed by atoms with Gasteiger partial charge in [0.1, 0.15) is 5.82 Å². The average Bonchev–Trinajstić information content (AvgIpc) is 2.90. The molecular formula is C20H20FN3O3. The van der Waals surface area contributed by atoms with Gasteiger partial charge in [-0.25, -0.2) is 9.18 Å². The molecule has 1 aliphatic rings. The molecule has 2 N–H and O–H groups in total. The van der Waals surface area contributed by atoms with Gasteiger partial charge in [-0.15, -0.1) is 0 Å². The van der Waals surface area contributed by atoms with Crippen LogP contribution in [0.4, 0.5) is 9.18 Å². The predicted molar refractivity (Wildman–Crippen MR) is 97.9 cm³/mol. The molecule has 0 aromatic heterocycles. The number of fused-ring (bicyclic) bond motifs is 1. The van der Waals surface area contributed by atoms with Gasteiger partial charge in [-0.2, -0.15) is 0 Å². The van der Waals surface area contributed by atoms with Crippen molar-refractivity contribution in [1.29, 1.82) is 0 Å². The quantitative estimate of drug-likeness (QED) is 0.581. The molecule has 0 saturated carbocycles. The zero-order valence-electron chi connectivity index (χ0n) is 14.7. The number of nitrogens with zero attached hydrogens (tertiary/aromatic N) is 1. The van der Waals surface area contributed by atoms with Crippen molar-refractivity contribution in [2.45, 2.75) is 12.8 Å². The Morgan fingerprint density at radius 3 is 2.26 bits per heavy atom. The van der Waals surface area contributed by atoms with E-state index in [1.165, 1.54) is 17.0 Å². The van der Waals surface area contributed by atoms with Gasteiger partial charge in [0.05, 0.1) is 11.1 Å². The van der Waals surface area contributed by atoms with Crippen LogP contribution in [0.2, 0.25) is 0 Å². The summed E-state index contributed by atoms with van der Waals surface area (Å²) in [5, 5.41) is 5.37. The highest BCUT2D eigenvalue weighted by atomic mass is 19.1. The summed E-state index contributed by atoms with van der Waals surface area (Å²) in [5.74, 6) is -0.893. The highest BCUT2D eigenvalue weighted by Crippen LogP contribution is 2.22. The number of carbonyl (C=O) groups is 3. The Balaban J connectivity index is 1.35. The molecule has 7 heteroatoms. The summed E-state index contributed by atoms with van der Waals surface area (Å²) in [4.78, 5) is 37.4. The van der Waals surface area contributed by atoms with Crippen molar-refractivity contribution in [2.24, 2.45) is 0 Å². The first-order valence-electron chi connectivity index (χ1n) is 8.77. The van der Waals surface area contributed by atoms with Crippen LogP contribution < -0.4 is 10.6 Å². The number of nitrogens with one attached hydrogen (secondary N) is 2. The van der Waals surface area contributed by atoms with Crippen molar-refractivity contribution in [3.8, 4) is 0 Å². The van der Waals surface area contributed by atoms with Crippen molar-refractivity contribution >= 4 is 17.8 Å². The van der Waals surface area contributed by atoms with Crippen molar-refractivity contribution < 1.29 is 18.8 Å². The fourth-order valence-corrected chi connectivity index (χ4v) is 2.96. The van der Waals surface area contributed by atoms with Gasteiger partial charge in [0.15, 0.2) is 0 Å². The Morgan fingerprint density at radius 2 is 1.59 bits per heavy atom. The number of halogens is 1. The van der Waals surface area contributed by atoms with Crippen LogP contribution >= 0.6 is 0 Å². The third kappa shape index (κ3) is 4.49. The molecule has 0 unspecified atom stereocenters. The lowest BCUT2D eigenvalue weighted by Crippen LogP contribution is -2.38. The topological polar surface area (TPSA) is 78.5 Å². The summed E-state index contributed by atoms with van der Waals surface area (Å²) >= 11 is 0. The fraction of sp³-hybridized carbons (Fsp3) is 0.250. The summed E-state index contributed by atoms with van der Waals surface area (Å²) in [7, 11) is 0. The smallest absolute Gasteiger partial charge is 0.314 e. The number of benzene rings is 2. The van der Waals surface area contributed by atoms with Gasteiger partial charge in [-0.1, -0.05) is 24.3 Å². The van der Waals surface area contributed by atoms with Crippen LogP contribution in [0.5, 0.6) is 0 Å². The Labute approximate surface area is 156 Å². The second kappa shape index (κ2) is 8.44. The molecule has 1 heterocycles. The average molecular weight is 369 g/mol. The van der Waals surface area contributed by atoms with Crippen molar-refractivity contribution in [3.05, 3.63) is 71.0 Å². The first-order valence-corrected chi connectivity index (χ1v) is 8.77. The summed E-state index contributed by atoms with van der Waals surface area (Å²) < 4.78 is 13.1. The summed E-state index contributed by atoms with van der Waals surface area (Å²) in [6.07, 6.45) is 0.989. The molecule has 0 saturated heterocycles. The van der Waals surface area contributed by atoms with Crippen LogP contribution in [-0.2, 0) is 6.42 Å². The van der Waals surface area contributed by atoms with Crippen molar-refractivity contribution in [1.82, 2.24) is 15.5 Å². The molecule has 3 rings (SSSR count). The Morgan fingerprint density at radius 1 is 0.926 bits per heavy atom. The van der Waals surface area contributed by atoms with E-state index in [1.807, 2.05) is 0 Å². The maximum absolute atomic E-state index is 13.1. The van der Waals surface area contributed by atoms with E-state index in [1.54, 1.807) is 36.4 Å². The Kier molecular flexibility index (Phi) is 5.80. The monoisotopic (exact) mass is 369 g/mol. The molecule has 0 radical (unpaired) electrons. The van der Waals surface area contributed by atoms with E-state index in [-0.39, 0.29) is 30.2 Å². The normalized spacial score (nSPS) is 12.9. The first kappa shape index (κ1) is 18.6. The van der Waals surface area contributed by atoms with E-state index in [9.17, 15) is 18.8 Å². The number of hydrogen-bond donors (Lipinski definition) is 2. The SMILES string of the molecule is O=C(NCCCN1C(=O)c2ccccc2C1=O)NCCc1cccc(F)c1. The van der Waals surface area contributed by atoms with Crippen LogP contribution in [0.25, 0.3) is 0 Å². The lowest BCUT2D eigenvalue weighted by molar-refractivity contribution is 0.0653. The van der Waals surface area contributed by atoms with Crippen LogP contribution in [0, 0.1) is 5.82 Å². The maximum Gasteiger partial charge on any atom is 0.314 e. The molecule has 2 aromatic carbocycles. The molecule has 0 fully saturated rings. The van der Waals surface area contributed by atoms with Gasteiger partial charge in [0, 0.05) is 19.6 Å². The van der Waals surface area contributed by atoms with E-state index >= 15 is 0 Å². The third-order valence-corrected chi connectivity index (χ3v) is 4.31. The molecule has 1 aliphatic heterocycles. The molecule has 2 aromatic rings. The second-order valence-electron chi connectivity index (χ2n) is 6.22. The number of hydrogen-bond acceptors (Lipinski definition) is 3. The molecule has 4 amide bonds. The summed E-state index contributed by atoms with van der Waals surface area (Å²) in [6.45, 7) is 0.961. The molecule has 6 nitrogen and oxygen atoms in total. The molecule has 140 valence electrons. The minimum Gasteiger partial charge on any atom is -0.338 e. The van der Waals surface area contributed by atoms with E-state index in [0.717, 1.165) is 5.56 Å². The van der Waals surface area contributed by atoms with E-state index in [2.05, 4.69) is 10.6 Å². The fourth-order valence-electron chi connectivity index (χ4n) is 2.96. The predicted octanol–water partition coefficient (Wildman–Crippen LogP) is 2.35. The minimum absolute atomic E-state index is 0.246. The van der Waals surface area contributed by atoms with Gasteiger partial charge in [-0.05, 0) is 42.7 Å². The maximum atomic E-state index is 13.1. The number of imide groups is 1. The first-order chi connectivity index (χ1) is 13.1. The van der Waals surface area contributed by atoms with Gasteiger partial charge < -0.3 is 10.6 Å². The third-order valence-electron chi connectivity index (χ3n) is 4.31. The van der Waals surface area contributed by atoms with Crippen LogP contribution in [0.1, 0.15) is 32.7 Å².